The van der Waals surface area contributed by atoms with E-state index in [1.807, 2.05) is 38.1 Å². The van der Waals surface area contributed by atoms with Crippen LogP contribution in [0.3, 0.4) is 0 Å². The third kappa shape index (κ3) is 26.2. The normalized spacial score (nSPS) is 14.7. The first-order valence-corrected chi connectivity index (χ1v) is 32.3. The van der Waals surface area contributed by atoms with Crippen LogP contribution in [-0.2, 0) is 72.0 Å². The molecule has 4 aromatic rings. The van der Waals surface area contributed by atoms with Crippen LogP contribution >= 0.6 is 0 Å². The van der Waals surface area contributed by atoms with E-state index in [4.69, 9.17) is 28.3 Å². The SMILES string of the molecule is CC[C@@H](C)[C@@H](NC(=O)CNC(=O)[C@@H](C)NC(=O)[C@H](NC(=O)[C@@H](Cc1ccc(O)cc1)NC(=O)[C@@H](C)NC(=O)[C@H](N)Cc1ccc(O)cc1)C(C)C)C(=O)N[C@H](CC(C)C)C(=O)N[C@H](CCCCN)C(=O)N[C@H](CCCNC(=N)N)C(=O)N[C@H](Cc1c[nH]c2ccccc12)C(N)=O. The van der Waals surface area contributed by atoms with E-state index in [1.54, 1.807) is 46.0 Å². The van der Waals surface area contributed by atoms with Gasteiger partial charge < -0.3 is 96.6 Å². The fourth-order valence-corrected chi connectivity index (χ4v) is 10.2. The molecule has 3 aromatic carbocycles. The van der Waals surface area contributed by atoms with Gasteiger partial charge >= 0.3 is 0 Å². The van der Waals surface area contributed by atoms with E-state index >= 15 is 0 Å². The Bertz CT molecular complexity index is 3290. The zero-order valence-electron chi connectivity index (χ0n) is 55.9. The summed E-state index contributed by atoms with van der Waals surface area (Å²) in [7, 11) is 0. The Labute approximate surface area is 559 Å². The number of benzene rings is 3. The number of aromatic amines is 1. The number of primary amides is 1. The molecule has 0 fully saturated rings. The topological polar surface area (TPSA) is 504 Å². The summed E-state index contributed by atoms with van der Waals surface area (Å²) in [5.74, 6) is -10.1. The first-order chi connectivity index (χ1) is 45.4. The molecule has 11 atom stereocenters. The lowest BCUT2D eigenvalue weighted by Crippen LogP contribution is -2.60. The lowest BCUT2D eigenvalue weighted by molar-refractivity contribution is -0.136. The Balaban J connectivity index is 1.42. The summed E-state index contributed by atoms with van der Waals surface area (Å²) >= 11 is 0. The van der Waals surface area contributed by atoms with Crippen LogP contribution in [-0.4, -0.2) is 166 Å². The number of amides is 11. The highest BCUT2D eigenvalue weighted by Gasteiger charge is 2.36. The number of fused-ring (bicyclic) bond motifs is 1. The van der Waals surface area contributed by atoms with Crippen molar-refractivity contribution in [3.05, 3.63) is 95.7 Å². The number of phenolic OH excluding ortho intramolecular Hbond substituents is 2. The minimum absolute atomic E-state index is 0.000300. The summed E-state index contributed by atoms with van der Waals surface area (Å²) in [6.45, 7) is 12.8. The highest BCUT2D eigenvalue weighted by Crippen LogP contribution is 2.20. The molecule has 0 unspecified atom stereocenters. The summed E-state index contributed by atoms with van der Waals surface area (Å²) < 4.78 is 0. The van der Waals surface area contributed by atoms with Crippen LogP contribution in [0.4, 0.5) is 0 Å². The Morgan fingerprint density at radius 1 is 0.521 bits per heavy atom. The highest BCUT2D eigenvalue weighted by molar-refractivity contribution is 5.99. The first-order valence-electron chi connectivity index (χ1n) is 32.3. The molecule has 96 heavy (non-hydrogen) atoms. The number of hydrogen-bond donors (Lipinski definition) is 19. The van der Waals surface area contributed by atoms with E-state index in [0.29, 0.717) is 36.0 Å². The average Bonchev–Trinajstić information content (AvgIpc) is 1.68. The van der Waals surface area contributed by atoms with E-state index in [0.717, 1.165) is 10.9 Å². The smallest absolute Gasteiger partial charge is 0.243 e. The molecule has 0 aliphatic carbocycles. The number of phenols is 2. The van der Waals surface area contributed by atoms with Crippen molar-refractivity contribution in [2.24, 2.45) is 40.7 Å². The first kappa shape index (κ1) is 78.6. The monoisotopic (exact) mass is 1340 g/mol. The number of unbranched alkanes of at least 4 members (excludes halogenated alkanes) is 1. The van der Waals surface area contributed by atoms with Gasteiger partial charge in [0.1, 0.15) is 65.9 Å². The van der Waals surface area contributed by atoms with E-state index in [9.17, 15) is 63.0 Å². The number of carbonyl (C=O) groups is 11. The number of rotatable bonds is 40. The van der Waals surface area contributed by atoms with Gasteiger partial charge in [-0.05, 0) is 130 Å². The van der Waals surface area contributed by atoms with Gasteiger partial charge in [0.05, 0.1) is 12.6 Å². The Morgan fingerprint density at radius 3 is 1.59 bits per heavy atom. The molecule has 1 heterocycles. The molecule has 23 N–H and O–H groups in total. The molecule has 0 spiro atoms. The van der Waals surface area contributed by atoms with E-state index in [-0.39, 0.29) is 81.4 Å². The molecule has 30 nitrogen and oxygen atoms in total. The van der Waals surface area contributed by atoms with Crippen LogP contribution in [0.15, 0.2) is 79.0 Å². The van der Waals surface area contributed by atoms with Crippen molar-refractivity contribution in [1.82, 2.24) is 63.5 Å². The second kappa shape index (κ2) is 39.1. The quantitative estimate of drug-likeness (QED) is 0.0145. The van der Waals surface area contributed by atoms with Crippen LogP contribution in [0.5, 0.6) is 11.5 Å². The van der Waals surface area contributed by atoms with Crippen LogP contribution < -0.4 is 81.4 Å². The maximum Gasteiger partial charge on any atom is 0.243 e. The van der Waals surface area contributed by atoms with Crippen molar-refractivity contribution in [2.75, 3.05) is 19.6 Å². The van der Waals surface area contributed by atoms with Gasteiger partial charge in [-0.25, -0.2) is 0 Å². The number of para-hydroxylation sites is 1. The second-order valence-electron chi connectivity index (χ2n) is 24.9. The molecule has 0 aliphatic rings. The predicted octanol–water partition coefficient (Wildman–Crippen LogP) is -0.921. The van der Waals surface area contributed by atoms with E-state index < -0.39 is 144 Å². The molecule has 30 heteroatoms. The molecule has 0 bridgehead atoms. The van der Waals surface area contributed by atoms with Crippen LogP contribution in [0.25, 0.3) is 10.9 Å². The summed E-state index contributed by atoms with van der Waals surface area (Å²) in [6.07, 6.45) is 3.27. The van der Waals surface area contributed by atoms with Crippen LogP contribution in [0.1, 0.15) is 117 Å². The van der Waals surface area contributed by atoms with Gasteiger partial charge in [-0.3, -0.25) is 58.1 Å². The minimum atomic E-state index is -1.33. The van der Waals surface area contributed by atoms with E-state index in [1.165, 1.54) is 50.2 Å². The Morgan fingerprint density at radius 2 is 1.03 bits per heavy atom. The average molecular weight is 1340 g/mol. The van der Waals surface area contributed by atoms with Gasteiger partial charge in [0.25, 0.3) is 0 Å². The maximum atomic E-state index is 14.4. The standard InChI is InChI=1S/C66H99N17O13/c1-9-37(6)55(65(96)81-51(29-35(2)3)62(93)78-48(17-12-13-27-67)60(91)77-49(18-14-28-72-66(70)71)61(92)79-50(56(69)87)32-42-33-73-47-16-11-10-15-45(42)47)82-53(86)34-74-57(88)38(7)76-64(95)54(36(4)5)83-63(94)52(31-41-21-25-44(85)26-22-41)80-58(89)39(8)75-59(90)46(68)30-40-19-23-43(84)24-20-40/h10-11,15-16,19-26,33,35-39,46,48-52,54-55,73,84-85H,9,12-14,17-18,27-32,34,67-68H2,1-8H3,(H2,69,87)(H,74,88)(H,75,90)(H,76,95)(H,77,91)(H,78,93)(H,79,92)(H,80,89)(H,81,96)(H,82,86)(H,83,94)(H4,70,71,72)/t37-,38-,39-,46-,48-,49-,50-,51-,52-,54-,55-/m1/s1. The number of nitrogens with one attached hydrogen (secondary N) is 13. The van der Waals surface area contributed by atoms with Gasteiger partial charge in [-0.15, -0.1) is 0 Å². The van der Waals surface area contributed by atoms with Crippen LogP contribution in [0, 0.1) is 23.2 Å². The fourth-order valence-electron chi connectivity index (χ4n) is 10.2. The number of aromatic hydroxyl groups is 2. The number of H-pyrrole nitrogens is 1. The fraction of sp³-hybridized carbons (Fsp3) is 0.515. The summed E-state index contributed by atoms with van der Waals surface area (Å²) in [6, 6.07) is 6.89. The van der Waals surface area contributed by atoms with Crippen molar-refractivity contribution in [1.29, 1.82) is 5.41 Å². The number of nitrogens with two attached hydrogens (primary N) is 4. The molecule has 0 radical (unpaired) electrons. The number of guanidine groups is 1. The van der Waals surface area contributed by atoms with Gasteiger partial charge in [0.15, 0.2) is 5.96 Å². The molecule has 1 aromatic heterocycles. The summed E-state index contributed by atoms with van der Waals surface area (Å²) in [4.78, 5) is 155. The van der Waals surface area contributed by atoms with Gasteiger partial charge in [-0.1, -0.05) is 90.4 Å². The molecule has 4 rings (SSSR count). The van der Waals surface area contributed by atoms with Crippen molar-refractivity contribution in [2.45, 2.75) is 180 Å². The molecule has 11 amide bonds. The molecular weight excluding hydrogens is 1240 g/mol. The Hall–Kier alpha value is -9.84. The largest absolute Gasteiger partial charge is 0.508 e. The zero-order valence-corrected chi connectivity index (χ0v) is 55.9. The predicted molar refractivity (Wildman–Crippen MR) is 360 cm³/mol. The number of aromatic nitrogens is 1. The lowest BCUT2D eigenvalue weighted by Gasteiger charge is -2.29. The Kier molecular flexibility index (Phi) is 32.0. The van der Waals surface area contributed by atoms with Gasteiger partial charge in [-0.2, -0.15) is 0 Å². The van der Waals surface area contributed by atoms with E-state index in [2.05, 4.69) is 63.5 Å². The summed E-state index contributed by atoms with van der Waals surface area (Å²) in [5, 5.41) is 57.0. The number of hydrogen-bond acceptors (Lipinski definition) is 16. The van der Waals surface area contributed by atoms with Crippen molar-refractivity contribution >= 4 is 81.8 Å². The second-order valence-corrected chi connectivity index (χ2v) is 24.9. The third-order valence-electron chi connectivity index (χ3n) is 16.0. The number of carbonyl (C=O) groups excluding carboxylic acids is 11. The molecule has 0 saturated heterocycles. The van der Waals surface area contributed by atoms with Gasteiger partial charge in [0.2, 0.25) is 65.0 Å². The highest BCUT2D eigenvalue weighted by atomic mass is 16.3. The van der Waals surface area contributed by atoms with Gasteiger partial charge in [0, 0.05) is 36.5 Å². The molecule has 0 aliphatic heterocycles. The third-order valence-corrected chi connectivity index (χ3v) is 16.0. The van der Waals surface area contributed by atoms with Crippen molar-refractivity contribution in [3.63, 3.8) is 0 Å². The van der Waals surface area contributed by atoms with Crippen LogP contribution in [0.2, 0.25) is 0 Å². The summed E-state index contributed by atoms with van der Waals surface area (Å²) in [5.41, 5.74) is 25.9. The van der Waals surface area contributed by atoms with Crippen molar-refractivity contribution < 1.29 is 63.0 Å². The lowest BCUT2D eigenvalue weighted by atomic mass is 9.96. The molecule has 0 saturated carbocycles. The molecular formula is C66H99N17O13. The minimum Gasteiger partial charge on any atom is -0.508 e. The van der Waals surface area contributed by atoms with Crippen molar-refractivity contribution in [3.8, 4) is 11.5 Å². The molecule has 526 valence electrons. The zero-order chi connectivity index (χ0) is 71.3. The maximum absolute atomic E-state index is 14.4.